The standard InChI is InChI=1S/C26H27F2N7O2/c27-16-10-19-20(13-31-23(19)30-12-16)24-32-14-21(28)25(35-24)33-17-4-1-5-18(11-17)34-26(37)22-9-15(3-2-8-36)6-7-29-22/h6-7,9-10,12-14,17-18,36H,1-5,8,11H2,(H,30,31)(H,34,37)(H,32,33,35)/t17-,18+/m0/s1. The van der Waals surface area contributed by atoms with Crippen molar-refractivity contribution in [3.05, 3.63) is 65.9 Å². The normalized spacial score (nSPS) is 17.6. The molecule has 0 radical (unpaired) electrons. The Morgan fingerprint density at radius 2 is 2.00 bits per heavy atom. The summed E-state index contributed by atoms with van der Waals surface area (Å²) in [4.78, 5) is 32.4. The summed E-state index contributed by atoms with van der Waals surface area (Å²) in [5.74, 6) is -1.04. The number of aromatic nitrogens is 5. The summed E-state index contributed by atoms with van der Waals surface area (Å²) in [6, 6.07) is 4.70. The van der Waals surface area contributed by atoms with Gasteiger partial charge in [0.1, 0.15) is 17.2 Å². The molecule has 0 unspecified atom stereocenters. The molecule has 0 aromatic carbocycles. The molecule has 1 saturated carbocycles. The highest BCUT2D eigenvalue weighted by Crippen LogP contribution is 2.28. The van der Waals surface area contributed by atoms with Crippen LogP contribution in [0.1, 0.15) is 48.2 Å². The van der Waals surface area contributed by atoms with Crippen LogP contribution >= 0.6 is 0 Å². The third-order valence-corrected chi connectivity index (χ3v) is 6.51. The number of pyridine rings is 2. The van der Waals surface area contributed by atoms with Gasteiger partial charge in [0.05, 0.1) is 12.4 Å². The van der Waals surface area contributed by atoms with Crippen molar-refractivity contribution in [2.45, 2.75) is 50.6 Å². The molecule has 192 valence electrons. The number of carbonyl (C=O) groups is 1. The quantitative estimate of drug-likeness (QED) is 0.286. The summed E-state index contributed by atoms with van der Waals surface area (Å²) < 4.78 is 28.4. The maximum absolute atomic E-state index is 14.6. The molecule has 1 fully saturated rings. The minimum Gasteiger partial charge on any atom is -0.396 e. The number of halogens is 2. The Morgan fingerprint density at radius 3 is 2.86 bits per heavy atom. The number of nitrogens with one attached hydrogen (secondary N) is 3. The summed E-state index contributed by atoms with van der Waals surface area (Å²) in [7, 11) is 0. The first-order valence-corrected chi connectivity index (χ1v) is 12.3. The maximum atomic E-state index is 14.6. The lowest BCUT2D eigenvalue weighted by Crippen LogP contribution is -2.42. The molecule has 2 atom stereocenters. The monoisotopic (exact) mass is 507 g/mol. The average molecular weight is 508 g/mol. The van der Waals surface area contributed by atoms with Gasteiger partial charge in [-0.15, -0.1) is 0 Å². The summed E-state index contributed by atoms with van der Waals surface area (Å²) in [5.41, 5.74) is 2.29. The van der Waals surface area contributed by atoms with Crippen molar-refractivity contribution in [3.8, 4) is 11.4 Å². The number of fused-ring (bicyclic) bond motifs is 1. The Balaban J connectivity index is 1.26. The molecule has 9 nitrogen and oxygen atoms in total. The molecule has 1 aliphatic carbocycles. The number of aliphatic hydroxyl groups is 1. The number of anilines is 1. The first kappa shape index (κ1) is 24.7. The van der Waals surface area contributed by atoms with Crippen LogP contribution in [0.3, 0.4) is 0 Å². The minimum atomic E-state index is -0.594. The number of rotatable bonds is 8. The van der Waals surface area contributed by atoms with Gasteiger partial charge in [-0.25, -0.2) is 23.7 Å². The fourth-order valence-corrected chi connectivity index (χ4v) is 4.70. The molecule has 4 heterocycles. The molecule has 0 aliphatic heterocycles. The van der Waals surface area contributed by atoms with Gasteiger partial charge in [-0.05, 0) is 62.3 Å². The SMILES string of the molecule is O=C(N[C@@H]1CCC[C@H](Nc2nc(-c3c[nH]c4ncc(F)cc34)ncc2F)C1)c1cc(CCCO)ccn1. The third kappa shape index (κ3) is 5.72. The van der Waals surface area contributed by atoms with Crippen LogP contribution in [0.25, 0.3) is 22.4 Å². The van der Waals surface area contributed by atoms with Crippen LogP contribution in [-0.4, -0.2) is 54.6 Å². The number of nitrogens with zero attached hydrogens (tertiary/aromatic N) is 4. The number of aromatic amines is 1. The van der Waals surface area contributed by atoms with Gasteiger partial charge in [0.25, 0.3) is 5.91 Å². The minimum absolute atomic E-state index is 0.0546. The van der Waals surface area contributed by atoms with Crippen molar-refractivity contribution in [2.75, 3.05) is 11.9 Å². The smallest absolute Gasteiger partial charge is 0.270 e. The van der Waals surface area contributed by atoms with Crippen molar-refractivity contribution >= 4 is 22.8 Å². The molecule has 0 bridgehead atoms. The molecule has 4 N–H and O–H groups in total. The zero-order valence-electron chi connectivity index (χ0n) is 20.0. The molecule has 4 aromatic rings. The highest BCUT2D eigenvalue weighted by molar-refractivity contribution is 5.93. The predicted molar refractivity (Wildman–Crippen MR) is 134 cm³/mol. The van der Waals surface area contributed by atoms with Gasteiger partial charge in [0.15, 0.2) is 17.5 Å². The van der Waals surface area contributed by atoms with Crippen LogP contribution in [0.4, 0.5) is 14.6 Å². The van der Waals surface area contributed by atoms with Gasteiger partial charge in [0, 0.05) is 42.0 Å². The highest BCUT2D eigenvalue weighted by Gasteiger charge is 2.25. The number of amides is 1. The molecule has 1 amide bonds. The highest BCUT2D eigenvalue weighted by atomic mass is 19.1. The molecular weight excluding hydrogens is 480 g/mol. The molecular formula is C26H27F2N7O2. The van der Waals surface area contributed by atoms with Crippen molar-refractivity contribution in [1.29, 1.82) is 0 Å². The van der Waals surface area contributed by atoms with E-state index in [1.165, 1.54) is 6.07 Å². The average Bonchev–Trinajstić information content (AvgIpc) is 3.32. The Labute approximate surface area is 211 Å². The van der Waals surface area contributed by atoms with E-state index in [-0.39, 0.29) is 36.2 Å². The molecule has 37 heavy (non-hydrogen) atoms. The first-order chi connectivity index (χ1) is 18.0. The second-order valence-corrected chi connectivity index (χ2v) is 9.20. The van der Waals surface area contributed by atoms with Crippen LogP contribution in [0.2, 0.25) is 0 Å². The number of aryl methyl sites for hydroxylation is 1. The maximum Gasteiger partial charge on any atom is 0.270 e. The van der Waals surface area contributed by atoms with Gasteiger partial charge in [0.2, 0.25) is 0 Å². The lowest BCUT2D eigenvalue weighted by Gasteiger charge is -2.30. The molecule has 0 spiro atoms. The Morgan fingerprint density at radius 1 is 1.14 bits per heavy atom. The topological polar surface area (TPSA) is 129 Å². The van der Waals surface area contributed by atoms with Crippen LogP contribution in [0.15, 0.2) is 43.0 Å². The van der Waals surface area contributed by atoms with Crippen molar-refractivity contribution in [2.24, 2.45) is 0 Å². The third-order valence-electron chi connectivity index (χ3n) is 6.51. The zero-order valence-corrected chi connectivity index (χ0v) is 20.0. The lowest BCUT2D eigenvalue weighted by atomic mass is 9.91. The summed E-state index contributed by atoms with van der Waals surface area (Å²) in [6.07, 6.45) is 9.75. The summed E-state index contributed by atoms with van der Waals surface area (Å²) in [6.45, 7) is 0.0896. The van der Waals surface area contributed by atoms with Crippen LogP contribution in [-0.2, 0) is 6.42 Å². The summed E-state index contributed by atoms with van der Waals surface area (Å²) in [5, 5.41) is 15.8. The number of hydrogen-bond acceptors (Lipinski definition) is 7. The Hall–Kier alpha value is -3.99. The van der Waals surface area contributed by atoms with E-state index >= 15 is 0 Å². The van der Waals surface area contributed by atoms with Crippen molar-refractivity contribution < 1.29 is 18.7 Å². The van der Waals surface area contributed by atoms with Crippen LogP contribution in [0.5, 0.6) is 0 Å². The van der Waals surface area contributed by atoms with Crippen molar-refractivity contribution in [1.82, 2.24) is 30.2 Å². The van der Waals surface area contributed by atoms with Gasteiger partial charge < -0.3 is 20.7 Å². The predicted octanol–water partition coefficient (Wildman–Crippen LogP) is 3.77. The zero-order chi connectivity index (χ0) is 25.8. The molecule has 0 saturated heterocycles. The van der Waals surface area contributed by atoms with E-state index in [4.69, 9.17) is 5.11 Å². The van der Waals surface area contributed by atoms with E-state index in [1.807, 2.05) is 6.07 Å². The summed E-state index contributed by atoms with van der Waals surface area (Å²) >= 11 is 0. The first-order valence-electron chi connectivity index (χ1n) is 12.3. The number of H-pyrrole nitrogens is 1. The van der Waals surface area contributed by atoms with Gasteiger partial charge in [-0.1, -0.05) is 0 Å². The van der Waals surface area contributed by atoms with E-state index in [9.17, 15) is 13.6 Å². The second kappa shape index (κ2) is 11.0. The van der Waals surface area contributed by atoms with E-state index < -0.39 is 11.6 Å². The Bertz CT molecular complexity index is 1410. The second-order valence-electron chi connectivity index (χ2n) is 9.20. The van der Waals surface area contributed by atoms with E-state index in [0.717, 1.165) is 37.2 Å². The molecule has 1 aliphatic rings. The molecule has 11 heteroatoms. The number of carbonyl (C=O) groups excluding carboxylic acids is 1. The van der Waals surface area contributed by atoms with Gasteiger partial charge in [-0.3, -0.25) is 9.78 Å². The lowest BCUT2D eigenvalue weighted by molar-refractivity contribution is 0.0921. The van der Waals surface area contributed by atoms with E-state index in [2.05, 4.69) is 35.6 Å². The van der Waals surface area contributed by atoms with Crippen molar-refractivity contribution in [3.63, 3.8) is 0 Å². The number of hydrogen-bond donors (Lipinski definition) is 4. The van der Waals surface area contributed by atoms with E-state index in [1.54, 1.807) is 18.5 Å². The van der Waals surface area contributed by atoms with Gasteiger partial charge >= 0.3 is 0 Å². The fourth-order valence-electron chi connectivity index (χ4n) is 4.70. The number of aliphatic hydroxyl groups excluding tert-OH is 1. The Kier molecular flexibility index (Phi) is 7.31. The molecule has 5 rings (SSSR count). The van der Waals surface area contributed by atoms with E-state index in [0.29, 0.717) is 41.6 Å². The largest absolute Gasteiger partial charge is 0.396 e. The molecule has 4 aromatic heterocycles. The van der Waals surface area contributed by atoms with Crippen LogP contribution in [0, 0.1) is 11.6 Å². The fraction of sp³-hybridized carbons (Fsp3) is 0.346. The van der Waals surface area contributed by atoms with Gasteiger partial charge in [-0.2, -0.15) is 0 Å². The van der Waals surface area contributed by atoms with Crippen LogP contribution < -0.4 is 10.6 Å².